The molecule has 4 aromatic rings. The number of sulfonamides is 1. The van der Waals surface area contributed by atoms with E-state index in [1.165, 1.54) is 29.9 Å². The van der Waals surface area contributed by atoms with E-state index in [1.807, 2.05) is 0 Å². The Morgan fingerprint density at radius 2 is 1.67 bits per heavy atom. The van der Waals surface area contributed by atoms with Crippen molar-refractivity contribution in [2.45, 2.75) is 11.3 Å². The van der Waals surface area contributed by atoms with Crippen LogP contribution in [0.3, 0.4) is 0 Å². The number of carbonyl (C=O) groups excluding carboxylic acids is 1. The molecule has 0 spiro atoms. The first-order chi connectivity index (χ1) is 15.7. The van der Waals surface area contributed by atoms with Gasteiger partial charge in [0.2, 0.25) is 5.91 Å². The molecule has 2 N–H and O–H groups in total. The SMILES string of the molecule is Cn1nc(CC(=O)Nc2cccc(S(=O)(=O)Nc3ccc(Cl)cc3)c2)c2ccccc2c1=O. The molecule has 4 rings (SSSR count). The minimum absolute atomic E-state index is 0.0130. The van der Waals surface area contributed by atoms with E-state index in [-0.39, 0.29) is 16.9 Å². The molecular weight excluding hydrogens is 464 g/mol. The summed E-state index contributed by atoms with van der Waals surface area (Å²) >= 11 is 5.84. The lowest BCUT2D eigenvalue weighted by Crippen LogP contribution is -2.24. The van der Waals surface area contributed by atoms with Crippen LogP contribution in [0.4, 0.5) is 11.4 Å². The number of aryl methyl sites for hydroxylation is 1. The van der Waals surface area contributed by atoms with Crippen LogP contribution in [0, 0.1) is 0 Å². The average molecular weight is 483 g/mol. The molecule has 1 amide bonds. The van der Waals surface area contributed by atoms with E-state index >= 15 is 0 Å². The van der Waals surface area contributed by atoms with Crippen molar-refractivity contribution in [2.24, 2.45) is 7.05 Å². The van der Waals surface area contributed by atoms with Crippen LogP contribution in [0.15, 0.2) is 82.5 Å². The summed E-state index contributed by atoms with van der Waals surface area (Å²) < 4.78 is 29.1. The first-order valence-electron chi connectivity index (χ1n) is 9.86. The van der Waals surface area contributed by atoms with E-state index in [0.717, 1.165) is 0 Å². The van der Waals surface area contributed by atoms with Crippen LogP contribution < -0.4 is 15.6 Å². The van der Waals surface area contributed by atoms with Gasteiger partial charge in [0, 0.05) is 28.8 Å². The van der Waals surface area contributed by atoms with Gasteiger partial charge in [0.1, 0.15) is 0 Å². The van der Waals surface area contributed by atoms with Gasteiger partial charge >= 0.3 is 0 Å². The van der Waals surface area contributed by atoms with Gasteiger partial charge in [-0.25, -0.2) is 13.1 Å². The van der Waals surface area contributed by atoms with Crippen molar-refractivity contribution in [1.82, 2.24) is 9.78 Å². The number of aromatic nitrogens is 2. The first kappa shape index (κ1) is 22.5. The van der Waals surface area contributed by atoms with E-state index in [4.69, 9.17) is 11.6 Å². The smallest absolute Gasteiger partial charge is 0.274 e. The van der Waals surface area contributed by atoms with Crippen LogP contribution in [0.5, 0.6) is 0 Å². The van der Waals surface area contributed by atoms with Gasteiger partial charge < -0.3 is 5.32 Å². The normalized spacial score (nSPS) is 11.3. The summed E-state index contributed by atoms with van der Waals surface area (Å²) in [6, 6.07) is 19.1. The zero-order chi connectivity index (χ0) is 23.6. The minimum atomic E-state index is -3.88. The van der Waals surface area contributed by atoms with Crippen LogP contribution in [-0.2, 0) is 28.3 Å². The van der Waals surface area contributed by atoms with Gasteiger partial charge in [0.05, 0.1) is 22.4 Å². The monoisotopic (exact) mass is 482 g/mol. The summed E-state index contributed by atoms with van der Waals surface area (Å²) in [7, 11) is -2.35. The standard InChI is InChI=1S/C23H19ClN4O4S/c1-28-23(30)20-8-3-2-7-19(20)21(26-28)14-22(29)25-17-5-4-6-18(13-17)33(31,32)27-16-11-9-15(24)10-12-16/h2-13,27H,14H2,1H3,(H,25,29). The maximum Gasteiger partial charge on any atom is 0.274 e. The number of hydrogen-bond acceptors (Lipinski definition) is 5. The maximum atomic E-state index is 12.7. The van der Waals surface area contributed by atoms with E-state index in [2.05, 4.69) is 15.1 Å². The number of amides is 1. The summed E-state index contributed by atoms with van der Waals surface area (Å²) in [4.78, 5) is 24.9. The zero-order valence-electron chi connectivity index (χ0n) is 17.4. The number of nitrogens with zero attached hydrogens (tertiary/aromatic N) is 2. The molecule has 3 aromatic carbocycles. The van der Waals surface area contributed by atoms with Gasteiger partial charge in [-0.3, -0.25) is 14.3 Å². The lowest BCUT2D eigenvalue weighted by atomic mass is 10.1. The number of fused-ring (bicyclic) bond motifs is 1. The van der Waals surface area contributed by atoms with Crippen LogP contribution >= 0.6 is 11.6 Å². The summed E-state index contributed by atoms with van der Waals surface area (Å²) in [5.74, 6) is -0.397. The fourth-order valence-electron chi connectivity index (χ4n) is 3.34. The predicted molar refractivity (Wildman–Crippen MR) is 128 cm³/mol. The van der Waals surface area contributed by atoms with Crippen molar-refractivity contribution in [3.05, 3.63) is 93.9 Å². The highest BCUT2D eigenvalue weighted by Crippen LogP contribution is 2.21. The second kappa shape index (κ2) is 9.05. The number of anilines is 2. The van der Waals surface area contributed by atoms with Gasteiger partial charge in [0.25, 0.3) is 15.6 Å². The minimum Gasteiger partial charge on any atom is -0.326 e. The Bertz CT molecular complexity index is 1520. The Labute approximate surface area is 194 Å². The molecule has 0 fully saturated rings. The van der Waals surface area contributed by atoms with Gasteiger partial charge in [-0.05, 0) is 48.5 Å². The third-order valence-electron chi connectivity index (χ3n) is 4.89. The number of rotatable bonds is 6. The number of hydrogen-bond donors (Lipinski definition) is 2. The molecule has 0 aliphatic rings. The fourth-order valence-corrected chi connectivity index (χ4v) is 4.57. The maximum absolute atomic E-state index is 12.7. The molecular formula is C23H19ClN4O4S. The highest BCUT2D eigenvalue weighted by molar-refractivity contribution is 7.92. The first-order valence-corrected chi connectivity index (χ1v) is 11.7. The third kappa shape index (κ3) is 5.05. The van der Waals surface area contributed by atoms with E-state index in [1.54, 1.807) is 54.6 Å². The fraction of sp³-hybridized carbons (Fsp3) is 0.0870. The molecule has 0 bridgehead atoms. The molecule has 33 heavy (non-hydrogen) atoms. The van der Waals surface area contributed by atoms with Crippen molar-refractivity contribution in [1.29, 1.82) is 0 Å². The quantitative estimate of drug-likeness (QED) is 0.436. The highest BCUT2D eigenvalue weighted by atomic mass is 35.5. The third-order valence-corrected chi connectivity index (χ3v) is 6.52. The lowest BCUT2D eigenvalue weighted by Gasteiger charge is -2.11. The Balaban J connectivity index is 1.54. The van der Waals surface area contributed by atoms with Gasteiger partial charge in [-0.2, -0.15) is 5.10 Å². The molecule has 1 aromatic heterocycles. The molecule has 0 aliphatic heterocycles. The van der Waals surface area contributed by atoms with Crippen LogP contribution in [0.2, 0.25) is 5.02 Å². The molecule has 0 atom stereocenters. The Kier molecular flexibility index (Phi) is 6.17. The molecule has 0 radical (unpaired) electrons. The molecule has 10 heteroatoms. The van der Waals surface area contributed by atoms with Crippen molar-refractivity contribution in [2.75, 3.05) is 10.0 Å². The molecule has 0 saturated carbocycles. The van der Waals surface area contributed by atoms with Crippen molar-refractivity contribution < 1.29 is 13.2 Å². The van der Waals surface area contributed by atoms with Gasteiger partial charge in [-0.15, -0.1) is 0 Å². The van der Waals surface area contributed by atoms with Crippen molar-refractivity contribution in [3.8, 4) is 0 Å². The molecule has 0 saturated heterocycles. The molecule has 8 nitrogen and oxygen atoms in total. The molecule has 0 aliphatic carbocycles. The number of benzene rings is 3. The Morgan fingerprint density at radius 3 is 2.39 bits per heavy atom. The average Bonchev–Trinajstić information content (AvgIpc) is 2.79. The van der Waals surface area contributed by atoms with Crippen molar-refractivity contribution in [3.63, 3.8) is 0 Å². The van der Waals surface area contributed by atoms with E-state index < -0.39 is 15.9 Å². The summed E-state index contributed by atoms with van der Waals surface area (Å²) in [6.45, 7) is 0. The summed E-state index contributed by atoms with van der Waals surface area (Å²) in [5, 5.41) is 8.47. The molecule has 0 unspecified atom stereocenters. The summed E-state index contributed by atoms with van der Waals surface area (Å²) in [6.07, 6.45) is -0.0887. The topological polar surface area (TPSA) is 110 Å². The highest BCUT2D eigenvalue weighted by Gasteiger charge is 2.16. The lowest BCUT2D eigenvalue weighted by molar-refractivity contribution is -0.115. The summed E-state index contributed by atoms with van der Waals surface area (Å²) in [5.41, 5.74) is 0.869. The van der Waals surface area contributed by atoms with Crippen LogP contribution in [-0.4, -0.2) is 24.1 Å². The predicted octanol–water partition coefficient (Wildman–Crippen LogP) is 3.57. The van der Waals surface area contributed by atoms with Gasteiger partial charge in [0.15, 0.2) is 0 Å². The van der Waals surface area contributed by atoms with E-state index in [9.17, 15) is 18.0 Å². The van der Waals surface area contributed by atoms with E-state index in [0.29, 0.717) is 32.9 Å². The Morgan fingerprint density at radius 1 is 0.970 bits per heavy atom. The zero-order valence-corrected chi connectivity index (χ0v) is 19.0. The molecule has 1 heterocycles. The largest absolute Gasteiger partial charge is 0.326 e. The number of carbonyl (C=O) groups is 1. The second-order valence-electron chi connectivity index (χ2n) is 7.29. The van der Waals surface area contributed by atoms with Gasteiger partial charge in [-0.1, -0.05) is 35.9 Å². The van der Waals surface area contributed by atoms with Crippen LogP contribution in [0.25, 0.3) is 10.8 Å². The number of halogens is 1. The Hall–Kier alpha value is -3.69. The van der Waals surface area contributed by atoms with Crippen molar-refractivity contribution >= 4 is 49.7 Å². The number of nitrogens with one attached hydrogen (secondary N) is 2. The molecule has 168 valence electrons. The second-order valence-corrected chi connectivity index (χ2v) is 9.41. The van der Waals surface area contributed by atoms with Crippen LogP contribution in [0.1, 0.15) is 5.69 Å².